The summed E-state index contributed by atoms with van der Waals surface area (Å²) in [7, 11) is 0. The van der Waals surface area contributed by atoms with Crippen molar-refractivity contribution in [2.24, 2.45) is 0 Å². The molecule has 8 heteroatoms. The van der Waals surface area contributed by atoms with Gasteiger partial charge in [0.15, 0.2) is 0 Å². The van der Waals surface area contributed by atoms with Crippen LogP contribution >= 0.6 is 0 Å². The van der Waals surface area contributed by atoms with Gasteiger partial charge >= 0.3 is 6.03 Å². The predicted octanol–water partition coefficient (Wildman–Crippen LogP) is 0.889. The van der Waals surface area contributed by atoms with Gasteiger partial charge in [0.2, 0.25) is 5.91 Å². The van der Waals surface area contributed by atoms with Crippen molar-refractivity contribution in [1.82, 2.24) is 10.2 Å². The largest absolute Gasteiger partial charge is 0.390 e. The van der Waals surface area contributed by atoms with Crippen molar-refractivity contribution in [3.05, 3.63) is 29.8 Å². The molecule has 3 aliphatic rings. The molecule has 1 spiro atoms. The van der Waals surface area contributed by atoms with E-state index < -0.39 is 17.7 Å². The van der Waals surface area contributed by atoms with E-state index >= 15 is 0 Å². The number of imide groups is 1. The van der Waals surface area contributed by atoms with E-state index in [-0.39, 0.29) is 18.4 Å². The first-order valence-corrected chi connectivity index (χ1v) is 9.31. The first kappa shape index (κ1) is 17.9. The topological polar surface area (TPSA) is 99.2 Å². The number of hydrogen-bond acceptors (Lipinski definition) is 5. The molecule has 2 N–H and O–H groups in total. The van der Waals surface area contributed by atoms with E-state index in [4.69, 9.17) is 4.74 Å². The lowest BCUT2D eigenvalue weighted by Gasteiger charge is -2.46. The molecule has 0 saturated carbocycles. The Morgan fingerprint density at radius 2 is 1.89 bits per heavy atom. The summed E-state index contributed by atoms with van der Waals surface area (Å²) in [4.78, 5) is 38.9. The van der Waals surface area contributed by atoms with Crippen LogP contribution in [0.25, 0.3) is 0 Å². The summed E-state index contributed by atoms with van der Waals surface area (Å²) in [5.41, 5.74) is 0.603. The molecular weight excluding hydrogens is 350 g/mol. The summed E-state index contributed by atoms with van der Waals surface area (Å²) < 4.78 is 5.89. The van der Waals surface area contributed by atoms with E-state index in [0.717, 1.165) is 12.8 Å². The number of ether oxygens (including phenoxy) is 1. The molecule has 3 saturated heterocycles. The van der Waals surface area contributed by atoms with E-state index in [1.807, 2.05) is 0 Å². The fourth-order valence-corrected chi connectivity index (χ4v) is 4.09. The molecule has 144 valence electrons. The minimum Gasteiger partial charge on any atom is -0.390 e. The molecule has 4 rings (SSSR count). The average Bonchev–Trinajstić information content (AvgIpc) is 3.03. The van der Waals surface area contributed by atoms with Crippen molar-refractivity contribution in [3.63, 3.8) is 0 Å². The van der Waals surface area contributed by atoms with Crippen molar-refractivity contribution < 1.29 is 24.2 Å². The number of aliphatic hydroxyl groups is 1. The molecule has 3 heterocycles. The van der Waals surface area contributed by atoms with E-state index in [1.54, 1.807) is 29.2 Å². The summed E-state index contributed by atoms with van der Waals surface area (Å²) in [6.45, 7) is 1.74. The van der Waals surface area contributed by atoms with Gasteiger partial charge in [-0.15, -0.1) is 0 Å². The number of anilines is 1. The van der Waals surface area contributed by atoms with Crippen LogP contribution in [0.4, 0.5) is 10.5 Å². The van der Waals surface area contributed by atoms with Gasteiger partial charge in [-0.25, -0.2) is 4.79 Å². The molecule has 4 amide bonds. The van der Waals surface area contributed by atoms with Gasteiger partial charge < -0.3 is 14.7 Å². The zero-order valence-electron chi connectivity index (χ0n) is 15.0. The second kappa shape index (κ2) is 6.94. The molecule has 0 aliphatic carbocycles. The quantitative estimate of drug-likeness (QED) is 0.750. The van der Waals surface area contributed by atoms with Gasteiger partial charge in [0, 0.05) is 30.9 Å². The number of rotatable bonds is 2. The number of likely N-dealkylation sites (tertiary alicyclic amines) is 1. The summed E-state index contributed by atoms with van der Waals surface area (Å²) in [5.74, 6) is -0.418. The number of benzene rings is 1. The highest BCUT2D eigenvalue weighted by atomic mass is 16.5. The smallest absolute Gasteiger partial charge is 0.329 e. The fraction of sp³-hybridized carbons (Fsp3) is 0.526. The van der Waals surface area contributed by atoms with Gasteiger partial charge in [0.05, 0.1) is 11.7 Å². The molecular formula is C19H23N3O5. The van der Waals surface area contributed by atoms with Crippen LogP contribution in [0, 0.1) is 0 Å². The Bertz CT molecular complexity index is 755. The fourth-order valence-electron chi connectivity index (χ4n) is 4.09. The predicted molar refractivity (Wildman–Crippen MR) is 96.4 cm³/mol. The highest BCUT2D eigenvalue weighted by Gasteiger charge is 2.44. The van der Waals surface area contributed by atoms with Crippen LogP contribution in [0.2, 0.25) is 0 Å². The highest BCUT2D eigenvalue weighted by molar-refractivity contribution is 6.12. The van der Waals surface area contributed by atoms with Gasteiger partial charge in [-0.2, -0.15) is 0 Å². The first-order chi connectivity index (χ1) is 13.0. The number of carbonyl (C=O) groups excluding carboxylic acids is 3. The number of piperidine rings is 1. The lowest BCUT2D eigenvalue weighted by molar-refractivity contribution is -0.174. The zero-order valence-corrected chi connectivity index (χ0v) is 15.0. The maximum Gasteiger partial charge on any atom is 0.329 e. The molecule has 3 fully saturated rings. The zero-order chi connectivity index (χ0) is 19.0. The summed E-state index contributed by atoms with van der Waals surface area (Å²) >= 11 is 0. The highest BCUT2D eigenvalue weighted by Crippen LogP contribution is 2.35. The number of nitrogens with zero attached hydrogens (tertiary/aromatic N) is 2. The molecule has 8 nitrogen and oxygen atoms in total. The van der Waals surface area contributed by atoms with Crippen molar-refractivity contribution >= 4 is 23.5 Å². The normalized spacial score (nSPS) is 25.0. The lowest BCUT2D eigenvalue weighted by atomic mass is 9.82. The molecule has 1 atom stereocenters. The maximum atomic E-state index is 12.8. The van der Waals surface area contributed by atoms with Crippen molar-refractivity contribution in [2.45, 2.75) is 37.4 Å². The van der Waals surface area contributed by atoms with E-state index in [1.165, 1.54) is 4.90 Å². The Balaban J connectivity index is 1.40. The Hall–Kier alpha value is -2.45. The molecule has 0 aromatic heterocycles. The van der Waals surface area contributed by atoms with Gasteiger partial charge in [0.1, 0.15) is 6.54 Å². The molecule has 0 unspecified atom stereocenters. The van der Waals surface area contributed by atoms with Crippen LogP contribution < -0.4 is 10.2 Å². The van der Waals surface area contributed by atoms with Crippen LogP contribution in [-0.4, -0.2) is 65.8 Å². The number of urea groups is 1. The van der Waals surface area contributed by atoms with Gasteiger partial charge in [-0.1, -0.05) is 0 Å². The van der Waals surface area contributed by atoms with E-state index in [9.17, 15) is 19.5 Å². The molecule has 3 aliphatic heterocycles. The molecule has 1 aromatic rings. The molecule has 1 aromatic carbocycles. The van der Waals surface area contributed by atoms with Crippen LogP contribution in [0.3, 0.4) is 0 Å². The van der Waals surface area contributed by atoms with Crippen LogP contribution in [0.1, 0.15) is 36.0 Å². The van der Waals surface area contributed by atoms with Crippen molar-refractivity contribution in [3.8, 4) is 0 Å². The minimum absolute atomic E-state index is 0.0112. The second-order valence-corrected chi connectivity index (χ2v) is 7.35. The standard InChI is InChI=1S/C19H23N3O5/c23-15-2-1-11-27-19(15)7-9-21(10-8-19)17(25)13-3-5-14(6-4-13)22-12-16(24)20-18(22)26/h3-6,15,23H,1-2,7-12H2,(H,20,24,26)/t15-/m0/s1. The Kier molecular flexibility index (Phi) is 4.61. The average molecular weight is 373 g/mol. The lowest BCUT2D eigenvalue weighted by Crippen LogP contribution is -2.56. The van der Waals surface area contributed by atoms with Gasteiger partial charge in [-0.3, -0.25) is 19.8 Å². The number of hydrogen-bond donors (Lipinski definition) is 2. The third-order valence-corrected chi connectivity index (χ3v) is 5.73. The SMILES string of the molecule is O=C1CN(c2ccc(C(=O)N3CCC4(CC3)OCCC[C@@H]4O)cc2)C(=O)N1. The number of amides is 4. The first-order valence-electron chi connectivity index (χ1n) is 9.31. The second-order valence-electron chi connectivity index (χ2n) is 7.35. The third-order valence-electron chi connectivity index (χ3n) is 5.73. The monoisotopic (exact) mass is 373 g/mol. The van der Waals surface area contributed by atoms with E-state index in [2.05, 4.69) is 5.32 Å². The Morgan fingerprint density at radius 3 is 2.48 bits per heavy atom. The molecule has 0 radical (unpaired) electrons. The van der Waals surface area contributed by atoms with Gasteiger partial charge in [-0.05, 0) is 49.9 Å². The minimum atomic E-state index is -0.505. The molecule has 27 heavy (non-hydrogen) atoms. The summed E-state index contributed by atoms with van der Waals surface area (Å²) in [5, 5.41) is 12.5. The van der Waals surface area contributed by atoms with Gasteiger partial charge in [0.25, 0.3) is 5.91 Å². The van der Waals surface area contributed by atoms with Crippen LogP contribution in [0.5, 0.6) is 0 Å². The maximum absolute atomic E-state index is 12.8. The third kappa shape index (κ3) is 3.30. The summed E-state index contributed by atoms with van der Waals surface area (Å²) in [6, 6.07) is 6.23. The van der Waals surface area contributed by atoms with Crippen molar-refractivity contribution in [1.29, 1.82) is 0 Å². The van der Waals surface area contributed by atoms with E-state index in [0.29, 0.717) is 43.8 Å². The van der Waals surface area contributed by atoms with Crippen LogP contribution in [0.15, 0.2) is 24.3 Å². The summed E-state index contributed by atoms with van der Waals surface area (Å²) in [6.07, 6.45) is 2.43. The Morgan fingerprint density at radius 1 is 1.19 bits per heavy atom. The van der Waals surface area contributed by atoms with Crippen molar-refractivity contribution in [2.75, 3.05) is 31.1 Å². The number of carbonyl (C=O) groups is 3. The van der Waals surface area contributed by atoms with Crippen LogP contribution in [-0.2, 0) is 9.53 Å². The number of aliphatic hydroxyl groups excluding tert-OH is 1. The molecule has 0 bridgehead atoms. The Labute approximate surface area is 157 Å². The number of nitrogens with one attached hydrogen (secondary N) is 1.